The number of benzene rings is 1. The van der Waals surface area contributed by atoms with Gasteiger partial charge in [0.1, 0.15) is 0 Å². The molecule has 2 rings (SSSR count). The molecule has 1 N–H and O–H groups in total. The summed E-state index contributed by atoms with van der Waals surface area (Å²) in [5, 5.41) is 3.91. The van der Waals surface area contributed by atoms with Crippen molar-refractivity contribution in [2.24, 2.45) is 5.41 Å². The predicted octanol–water partition coefficient (Wildman–Crippen LogP) is 5.09. The second-order valence-electron chi connectivity index (χ2n) is 6.86. The number of hydrogen-bond acceptors (Lipinski definition) is 1. The number of nitrogens with one attached hydrogen (secondary N) is 1. The van der Waals surface area contributed by atoms with Crippen molar-refractivity contribution in [3.8, 4) is 0 Å². The first-order valence-corrected chi connectivity index (χ1v) is 7.92. The molecule has 0 aromatic heterocycles. The van der Waals surface area contributed by atoms with E-state index in [1.165, 1.54) is 44.1 Å². The second kappa shape index (κ2) is 6.56. The molecule has 0 amide bonds. The lowest BCUT2D eigenvalue weighted by molar-refractivity contribution is 0.196. The number of hydrogen-bond donors (Lipinski definition) is 1. The van der Waals surface area contributed by atoms with E-state index in [9.17, 15) is 0 Å². The van der Waals surface area contributed by atoms with Gasteiger partial charge in [-0.3, -0.25) is 0 Å². The zero-order valence-electron chi connectivity index (χ0n) is 12.8. The fraction of sp³-hybridized carbons (Fsp3) is 0.667. The molecule has 0 bridgehead atoms. The van der Waals surface area contributed by atoms with Crippen LogP contribution >= 0.6 is 0 Å². The lowest BCUT2D eigenvalue weighted by atomic mass is 9.75. The van der Waals surface area contributed by atoms with E-state index in [-0.39, 0.29) is 0 Å². The molecule has 1 aromatic rings. The molecule has 1 saturated carbocycles. The Hall–Kier alpha value is -0.820. The van der Waals surface area contributed by atoms with Crippen LogP contribution in [0.15, 0.2) is 30.3 Å². The van der Waals surface area contributed by atoms with E-state index < -0.39 is 0 Å². The molecule has 1 aliphatic rings. The van der Waals surface area contributed by atoms with Gasteiger partial charge in [0.05, 0.1) is 0 Å². The third-order valence-electron chi connectivity index (χ3n) is 4.56. The highest BCUT2D eigenvalue weighted by atomic mass is 15.0. The van der Waals surface area contributed by atoms with Crippen LogP contribution in [0.25, 0.3) is 0 Å². The summed E-state index contributed by atoms with van der Waals surface area (Å²) in [6, 6.07) is 12.2. The summed E-state index contributed by atoms with van der Waals surface area (Å²) >= 11 is 0. The largest absolute Gasteiger partial charge is 0.307 e. The van der Waals surface area contributed by atoms with E-state index in [0.29, 0.717) is 17.5 Å². The molecule has 0 aliphatic heterocycles. The Bertz CT molecular complexity index is 359. The Labute approximate surface area is 118 Å². The minimum absolute atomic E-state index is 0.539. The van der Waals surface area contributed by atoms with Gasteiger partial charge in [0.15, 0.2) is 0 Å². The van der Waals surface area contributed by atoms with Crippen LogP contribution in [-0.4, -0.2) is 6.04 Å². The zero-order valence-corrected chi connectivity index (χ0v) is 12.8. The molecule has 1 fully saturated rings. The fourth-order valence-electron chi connectivity index (χ4n) is 3.17. The quantitative estimate of drug-likeness (QED) is 0.777. The molecule has 1 nitrogen and oxygen atoms in total. The van der Waals surface area contributed by atoms with Crippen LogP contribution in [0.5, 0.6) is 0 Å². The van der Waals surface area contributed by atoms with Crippen LogP contribution in [0, 0.1) is 5.41 Å². The summed E-state index contributed by atoms with van der Waals surface area (Å²) in [7, 11) is 0. The molecule has 1 unspecified atom stereocenters. The minimum atomic E-state index is 0.539. The summed E-state index contributed by atoms with van der Waals surface area (Å²) in [5.74, 6) is 0. The van der Waals surface area contributed by atoms with E-state index in [2.05, 4.69) is 56.4 Å². The third-order valence-corrected chi connectivity index (χ3v) is 4.56. The lowest BCUT2D eigenvalue weighted by Gasteiger charge is -2.36. The summed E-state index contributed by atoms with van der Waals surface area (Å²) in [5.41, 5.74) is 2.01. The Balaban J connectivity index is 1.94. The molecule has 1 atom stereocenters. The van der Waals surface area contributed by atoms with E-state index in [1.54, 1.807) is 0 Å². The first-order valence-electron chi connectivity index (χ1n) is 7.92. The molecule has 106 valence electrons. The fourth-order valence-corrected chi connectivity index (χ4v) is 3.17. The summed E-state index contributed by atoms with van der Waals surface area (Å²) < 4.78 is 0. The smallest absolute Gasteiger partial charge is 0.0322 e. The second-order valence-corrected chi connectivity index (χ2v) is 6.86. The van der Waals surface area contributed by atoms with Crippen molar-refractivity contribution >= 4 is 0 Å². The maximum absolute atomic E-state index is 3.91. The van der Waals surface area contributed by atoms with Crippen LogP contribution in [0.2, 0.25) is 0 Å². The first-order chi connectivity index (χ1) is 9.11. The van der Waals surface area contributed by atoms with Crippen molar-refractivity contribution in [1.29, 1.82) is 0 Å². The summed E-state index contributed by atoms with van der Waals surface area (Å²) in [4.78, 5) is 0. The van der Waals surface area contributed by atoms with Gasteiger partial charge in [-0.05, 0) is 43.1 Å². The van der Waals surface area contributed by atoms with Crippen molar-refractivity contribution in [2.75, 3.05) is 0 Å². The Morgan fingerprint density at radius 2 is 1.79 bits per heavy atom. The monoisotopic (exact) mass is 259 g/mol. The molecule has 1 aromatic carbocycles. The van der Waals surface area contributed by atoms with Gasteiger partial charge < -0.3 is 5.32 Å². The molecule has 19 heavy (non-hydrogen) atoms. The third kappa shape index (κ3) is 4.35. The standard InChI is InChI=1S/C18H29N/c1-4-8-17(15-9-6-5-7-10-15)19-16-11-13-18(2,3)14-12-16/h5-7,9-10,16-17,19H,4,8,11-14H2,1-3H3. The van der Waals surface area contributed by atoms with Gasteiger partial charge in [0.25, 0.3) is 0 Å². The highest BCUT2D eigenvalue weighted by molar-refractivity contribution is 5.19. The Morgan fingerprint density at radius 1 is 1.16 bits per heavy atom. The van der Waals surface area contributed by atoms with Crippen molar-refractivity contribution < 1.29 is 0 Å². The van der Waals surface area contributed by atoms with Crippen LogP contribution in [0.4, 0.5) is 0 Å². The minimum Gasteiger partial charge on any atom is -0.307 e. The Kier molecular flexibility index (Phi) is 5.04. The van der Waals surface area contributed by atoms with Crippen molar-refractivity contribution in [3.05, 3.63) is 35.9 Å². The van der Waals surface area contributed by atoms with Crippen molar-refractivity contribution in [2.45, 2.75) is 71.4 Å². The van der Waals surface area contributed by atoms with E-state index >= 15 is 0 Å². The molecule has 0 saturated heterocycles. The van der Waals surface area contributed by atoms with Crippen LogP contribution in [0.1, 0.15) is 70.9 Å². The normalized spacial score (nSPS) is 21.2. The lowest BCUT2D eigenvalue weighted by Crippen LogP contribution is -2.37. The summed E-state index contributed by atoms with van der Waals surface area (Å²) in [6.07, 6.45) is 7.87. The van der Waals surface area contributed by atoms with Crippen LogP contribution < -0.4 is 5.32 Å². The van der Waals surface area contributed by atoms with Gasteiger partial charge in [-0.25, -0.2) is 0 Å². The van der Waals surface area contributed by atoms with E-state index in [4.69, 9.17) is 0 Å². The molecule has 0 radical (unpaired) electrons. The van der Waals surface area contributed by atoms with Gasteiger partial charge in [0, 0.05) is 12.1 Å². The van der Waals surface area contributed by atoms with Crippen molar-refractivity contribution in [3.63, 3.8) is 0 Å². The average molecular weight is 259 g/mol. The highest BCUT2D eigenvalue weighted by Crippen LogP contribution is 2.36. The van der Waals surface area contributed by atoms with Gasteiger partial charge in [-0.1, -0.05) is 57.5 Å². The average Bonchev–Trinajstić information content (AvgIpc) is 2.41. The van der Waals surface area contributed by atoms with Crippen LogP contribution in [-0.2, 0) is 0 Å². The summed E-state index contributed by atoms with van der Waals surface area (Å²) in [6.45, 7) is 7.09. The van der Waals surface area contributed by atoms with Gasteiger partial charge in [-0.2, -0.15) is 0 Å². The predicted molar refractivity (Wildman–Crippen MR) is 83.3 cm³/mol. The molecule has 1 heteroatoms. The van der Waals surface area contributed by atoms with Crippen LogP contribution in [0.3, 0.4) is 0 Å². The highest BCUT2D eigenvalue weighted by Gasteiger charge is 2.27. The SMILES string of the molecule is CCCC(NC1CCC(C)(C)CC1)c1ccccc1. The molecule has 0 heterocycles. The topological polar surface area (TPSA) is 12.0 Å². The number of rotatable bonds is 5. The maximum atomic E-state index is 3.91. The molecule has 1 aliphatic carbocycles. The van der Waals surface area contributed by atoms with Gasteiger partial charge in [0.2, 0.25) is 0 Å². The van der Waals surface area contributed by atoms with E-state index in [0.717, 1.165) is 0 Å². The Morgan fingerprint density at radius 3 is 2.37 bits per heavy atom. The molecule has 0 spiro atoms. The van der Waals surface area contributed by atoms with Crippen molar-refractivity contribution in [1.82, 2.24) is 5.32 Å². The van der Waals surface area contributed by atoms with E-state index in [1.807, 2.05) is 0 Å². The maximum Gasteiger partial charge on any atom is 0.0322 e. The zero-order chi connectivity index (χ0) is 13.7. The van der Waals surface area contributed by atoms with Gasteiger partial charge in [-0.15, -0.1) is 0 Å². The van der Waals surface area contributed by atoms with Gasteiger partial charge >= 0.3 is 0 Å². The molecular formula is C18H29N. The molecular weight excluding hydrogens is 230 g/mol. The first kappa shape index (κ1) is 14.6.